The Morgan fingerprint density at radius 2 is 2.00 bits per heavy atom. The van der Waals surface area contributed by atoms with Crippen molar-refractivity contribution < 1.29 is 9.53 Å². The van der Waals surface area contributed by atoms with Gasteiger partial charge in [0, 0.05) is 12.1 Å². The maximum absolute atomic E-state index is 12.2. The fraction of sp³-hybridized carbons (Fsp3) is 0.111. The van der Waals surface area contributed by atoms with Crippen molar-refractivity contribution in [2.45, 2.75) is 6.54 Å². The van der Waals surface area contributed by atoms with Crippen LogP contribution >= 0.6 is 11.3 Å². The highest BCUT2D eigenvalue weighted by atomic mass is 32.1. The fourth-order valence-electron chi connectivity index (χ4n) is 2.15. The summed E-state index contributed by atoms with van der Waals surface area (Å²) in [5, 5.41) is 3.75. The zero-order valence-electron chi connectivity index (χ0n) is 12.7. The van der Waals surface area contributed by atoms with Crippen molar-refractivity contribution >= 4 is 17.2 Å². The van der Waals surface area contributed by atoms with Gasteiger partial charge in [-0.1, -0.05) is 42.5 Å². The van der Waals surface area contributed by atoms with E-state index in [4.69, 9.17) is 4.74 Å². The van der Waals surface area contributed by atoms with Gasteiger partial charge < -0.3 is 10.1 Å². The Hall–Kier alpha value is -2.66. The standard InChI is InChI=1S/C18H16N2O2S/c1-22-15-9-5-6-13(10-15)11-19-17(21)16-12-20-18(23-16)14-7-3-2-4-8-14/h2-10,12H,11H2,1H3,(H,19,21). The number of amides is 1. The Labute approximate surface area is 138 Å². The summed E-state index contributed by atoms with van der Waals surface area (Å²) in [5.74, 6) is 0.661. The number of aromatic nitrogens is 1. The van der Waals surface area contributed by atoms with Crippen molar-refractivity contribution in [2.75, 3.05) is 7.11 Å². The molecule has 0 radical (unpaired) electrons. The van der Waals surface area contributed by atoms with Crippen LogP contribution in [0.5, 0.6) is 5.75 Å². The van der Waals surface area contributed by atoms with E-state index in [1.54, 1.807) is 13.3 Å². The van der Waals surface area contributed by atoms with Gasteiger partial charge in [-0.3, -0.25) is 4.79 Å². The summed E-state index contributed by atoms with van der Waals surface area (Å²) < 4.78 is 5.18. The lowest BCUT2D eigenvalue weighted by Gasteiger charge is -2.05. The lowest BCUT2D eigenvalue weighted by atomic mass is 10.2. The lowest BCUT2D eigenvalue weighted by molar-refractivity contribution is 0.0954. The Bertz CT molecular complexity index is 800. The molecule has 0 fully saturated rings. The van der Waals surface area contributed by atoms with Gasteiger partial charge in [0.2, 0.25) is 0 Å². The van der Waals surface area contributed by atoms with Crippen LogP contribution in [0.25, 0.3) is 10.6 Å². The number of carbonyl (C=O) groups is 1. The van der Waals surface area contributed by atoms with Crippen molar-refractivity contribution in [1.29, 1.82) is 0 Å². The second-order valence-corrected chi connectivity index (χ2v) is 5.96. The molecular formula is C18H16N2O2S. The third kappa shape index (κ3) is 3.76. The predicted molar refractivity (Wildman–Crippen MR) is 91.7 cm³/mol. The van der Waals surface area contributed by atoms with Crippen LogP contribution < -0.4 is 10.1 Å². The Morgan fingerprint density at radius 3 is 2.78 bits per heavy atom. The van der Waals surface area contributed by atoms with Crippen molar-refractivity contribution in [3.63, 3.8) is 0 Å². The van der Waals surface area contributed by atoms with Crippen LogP contribution in [0.3, 0.4) is 0 Å². The Kier molecular flexibility index (Phi) is 4.68. The van der Waals surface area contributed by atoms with Gasteiger partial charge in [0.25, 0.3) is 5.91 Å². The molecule has 1 N–H and O–H groups in total. The number of ether oxygens (including phenoxy) is 1. The van der Waals surface area contributed by atoms with Gasteiger partial charge in [0.05, 0.1) is 13.3 Å². The van der Waals surface area contributed by atoms with E-state index in [-0.39, 0.29) is 5.91 Å². The van der Waals surface area contributed by atoms with Crippen LogP contribution in [-0.4, -0.2) is 18.0 Å². The van der Waals surface area contributed by atoms with Crippen LogP contribution in [-0.2, 0) is 6.54 Å². The van der Waals surface area contributed by atoms with Crippen LogP contribution in [0.2, 0.25) is 0 Å². The minimum atomic E-state index is -0.118. The van der Waals surface area contributed by atoms with Crippen LogP contribution in [0, 0.1) is 0 Å². The number of hydrogen-bond donors (Lipinski definition) is 1. The van der Waals surface area contributed by atoms with E-state index >= 15 is 0 Å². The summed E-state index contributed by atoms with van der Waals surface area (Å²) in [4.78, 5) is 17.2. The van der Waals surface area contributed by atoms with Gasteiger partial charge in [0.15, 0.2) is 0 Å². The molecule has 0 aliphatic heterocycles. The second kappa shape index (κ2) is 7.07. The smallest absolute Gasteiger partial charge is 0.263 e. The number of nitrogens with zero attached hydrogens (tertiary/aromatic N) is 1. The first-order chi connectivity index (χ1) is 11.3. The Balaban J connectivity index is 1.66. The monoisotopic (exact) mass is 324 g/mol. The molecule has 1 aromatic heterocycles. The molecule has 5 heteroatoms. The summed E-state index contributed by atoms with van der Waals surface area (Å²) in [6.07, 6.45) is 1.62. The number of methoxy groups -OCH3 is 1. The minimum absolute atomic E-state index is 0.118. The lowest BCUT2D eigenvalue weighted by Crippen LogP contribution is -2.21. The molecule has 4 nitrogen and oxygen atoms in total. The molecule has 0 saturated carbocycles. The number of thiazole rings is 1. The highest BCUT2D eigenvalue weighted by Gasteiger charge is 2.11. The van der Waals surface area contributed by atoms with E-state index < -0.39 is 0 Å². The van der Waals surface area contributed by atoms with E-state index in [0.29, 0.717) is 11.4 Å². The van der Waals surface area contributed by atoms with E-state index in [1.165, 1.54) is 11.3 Å². The number of rotatable bonds is 5. The zero-order chi connectivity index (χ0) is 16.1. The van der Waals surface area contributed by atoms with Gasteiger partial charge >= 0.3 is 0 Å². The predicted octanol–water partition coefficient (Wildman–Crippen LogP) is 3.75. The van der Waals surface area contributed by atoms with Crippen LogP contribution in [0.1, 0.15) is 15.2 Å². The van der Waals surface area contributed by atoms with Crippen LogP contribution in [0.4, 0.5) is 0 Å². The number of carbonyl (C=O) groups excluding carboxylic acids is 1. The first kappa shape index (κ1) is 15.2. The first-order valence-corrected chi connectivity index (χ1v) is 8.00. The molecule has 2 aromatic carbocycles. The molecule has 1 heterocycles. The summed E-state index contributed by atoms with van der Waals surface area (Å²) in [5.41, 5.74) is 2.01. The normalized spacial score (nSPS) is 10.3. The zero-order valence-corrected chi connectivity index (χ0v) is 13.5. The maximum atomic E-state index is 12.2. The van der Waals surface area contributed by atoms with Crippen molar-refractivity contribution in [3.8, 4) is 16.3 Å². The minimum Gasteiger partial charge on any atom is -0.497 e. The quantitative estimate of drug-likeness (QED) is 0.777. The van der Waals surface area contributed by atoms with Crippen molar-refractivity contribution in [3.05, 3.63) is 71.2 Å². The molecule has 3 aromatic rings. The maximum Gasteiger partial charge on any atom is 0.263 e. The van der Waals surface area contributed by atoms with Crippen LogP contribution in [0.15, 0.2) is 60.8 Å². The fourth-order valence-corrected chi connectivity index (χ4v) is 2.98. The molecule has 3 rings (SSSR count). The van der Waals surface area contributed by atoms with E-state index in [1.807, 2.05) is 54.6 Å². The molecule has 0 aliphatic rings. The molecule has 116 valence electrons. The summed E-state index contributed by atoms with van der Waals surface area (Å²) in [6, 6.07) is 17.5. The van der Waals surface area contributed by atoms with Crippen molar-refractivity contribution in [1.82, 2.24) is 10.3 Å². The summed E-state index contributed by atoms with van der Waals surface area (Å²) in [7, 11) is 1.63. The average Bonchev–Trinajstić information content (AvgIpc) is 3.11. The number of benzene rings is 2. The molecule has 0 spiro atoms. The topological polar surface area (TPSA) is 51.2 Å². The van der Waals surface area contributed by atoms with Gasteiger partial charge in [-0.25, -0.2) is 4.98 Å². The van der Waals surface area contributed by atoms with Gasteiger partial charge in [0.1, 0.15) is 15.6 Å². The molecule has 23 heavy (non-hydrogen) atoms. The molecule has 1 amide bonds. The van der Waals surface area contributed by atoms with E-state index in [2.05, 4.69) is 10.3 Å². The average molecular weight is 324 g/mol. The molecule has 0 unspecified atom stereocenters. The van der Waals surface area contributed by atoms with Gasteiger partial charge in [-0.2, -0.15) is 0 Å². The number of hydrogen-bond acceptors (Lipinski definition) is 4. The largest absolute Gasteiger partial charge is 0.497 e. The molecular weight excluding hydrogens is 308 g/mol. The summed E-state index contributed by atoms with van der Waals surface area (Å²) in [6.45, 7) is 0.453. The van der Waals surface area contributed by atoms with Crippen molar-refractivity contribution in [2.24, 2.45) is 0 Å². The third-order valence-electron chi connectivity index (χ3n) is 3.34. The highest BCUT2D eigenvalue weighted by Crippen LogP contribution is 2.24. The molecule has 0 bridgehead atoms. The molecule has 0 saturated heterocycles. The van der Waals surface area contributed by atoms with E-state index in [0.717, 1.165) is 21.9 Å². The molecule has 0 atom stereocenters. The van der Waals surface area contributed by atoms with Gasteiger partial charge in [-0.05, 0) is 17.7 Å². The van der Waals surface area contributed by atoms with E-state index in [9.17, 15) is 4.79 Å². The first-order valence-electron chi connectivity index (χ1n) is 7.18. The highest BCUT2D eigenvalue weighted by molar-refractivity contribution is 7.16. The second-order valence-electron chi connectivity index (χ2n) is 4.93. The summed E-state index contributed by atoms with van der Waals surface area (Å²) >= 11 is 1.39. The number of nitrogens with one attached hydrogen (secondary N) is 1. The Morgan fingerprint density at radius 1 is 1.17 bits per heavy atom. The SMILES string of the molecule is COc1cccc(CNC(=O)c2cnc(-c3ccccc3)s2)c1. The molecule has 0 aliphatic carbocycles. The van der Waals surface area contributed by atoms with Gasteiger partial charge in [-0.15, -0.1) is 11.3 Å². The third-order valence-corrected chi connectivity index (χ3v) is 4.38.